The molecule has 17 heavy (non-hydrogen) atoms. The molecule has 0 N–H and O–H groups in total. The Morgan fingerprint density at radius 3 is 2.82 bits per heavy atom. The fourth-order valence-electron chi connectivity index (χ4n) is 2.55. The standard InChI is InChI=1S/C13H20N2O2/c1-14(2)11-4-5-12(8-11)15-7-6-10(9-15)13(16)17-3/h6-7,9,11-12H,4-5,8H2,1-3H3. The molecule has 1 aliphatic rings. The van der Waals surface area contributed by atoms with Gasteiger partial charge in [0, 0.05) is 24.5 Å². The number of rotatable bonds is 3. The van der Waals surface area contributed by atoms with Crippen molar-refractivity contribution in [3.63, 3.8) is 0 Å². The number of nitrogens with zero attached hydrogens (tertiary/aromatic N) is 2. The summed E-state index contributed by atoms with van der Waals surface area (Å²) in [5.41, 5.74) is 0.640. The Bertz CT molecular complexity index is 398. The highest BCUT2D eigenvalue weighted by Gasteiger charge is 2.27. The maximum absolute atomic E-state index is 11.4. The van der Waals surface area contributed by atoms with E-state index in [0.29, 0.717) is 17.6 Å². The highest BCUT2D eigenvalue weighted by molar-refractivity contribution is 5.89. The van der Waals surface area contributed by atoms with Crippen molar-refractivity contribution in [2.24, 2.45) is 0 Å². The normalized spacial score (nSPS) is 24.2. The molecule has 2 unspecified atom stereocenters. The van der Waals surface area contributed by atoms with Crippen LogP contribution in [0.2, 0.25) is 0 Å². The SMILES string of the molecule is COC(=O)c1ccn(C2CCC(N(C)C)C2)c1. The molecule has 0 aliphatic heterocycles. The van der Waals surface area contributed by atoms with Crippen LogP contribution in [0.3, 0.4) is 0 Å². The van der Waals surface area contributed by atoms with Crippen molar-refractivity contribution in [3.05, 3.63) is 24.0 Å². The summed E-state index contributed by atoms with van der Waals surface area (Å²) < 4.78 is 6.86. The highest BCUT2D eigenvalue weighted by atomic mass is 16.5. The van der Waals surface area contributed by atoms with E-state index >= 15 is 0 Å². The lowest BCUT2D eigenvalue weighted by Gasteiger charge is -2.19. The molecule has 2 rings (SSSR count). The number of aromatic nitrogens is 1. The zero-order chi connectivity index (χ0) is 12.4. The lowest BCUT2D eigenvalue weighted by atomic mass is 10.2. The zero-order valence-electron chi connectivity index (χ0n) is 10.7. The number of hydrogen-bond donors (Lipinski definition) is 0. The third-order valence-corrected chi connectivity index (χ3v) is 3.66. The van der Waals surface area contributed by atoms with Gasteiger partial charge in [-0.2, -0.15) is 0 Å². The minimum Gasteiger partial charge on any atom is -0.465 e. The molecule has 94 valence electrons. The second-order valence-corrected chi connectivity index (χ2v) is 4.92. The van der Waals surface area contributed by atoms with E-state index in [2.05, 4.69) is 23.6 Å². The smallest absolute Gasteiger partial charge is 0.339 e. The van der Waals surface area contributed by atoms with Crippen LogP contribution in [-0.2, 0) is 4.74 Å². The fourth-order valence-corrected chi connectivity index (χ4v) is 2.55. The second-order valence-electron chi connectivity index (χ2n) is 4.92. The van der Waals surface area contributed by atoms with Crippen LogP contribution in [-0.4, -0.2) is 42.7 Å². The Balaban J connectivity index is 2.04. The van der Waals surface area contributed by atoms with Crippen LogP contribution in [0.4, 0.5) is 0 Å². The van der Waals surface area contributed by atoms with Gasteiger partial charge in [-0.1, -0.05) is 0 Å². The summed E-state index contributed by atoms with van der Waals surface area (Å²) in [5.74, 6) is -0.258. The molecule has 1 heterocycles. The first-order valence-electron chi connectivity index (χ1n) is 6.04. The fraction of sp³-hybridized carbons (Fsp3) is 0.615. The molecule has 0 saturated heterocycles. The average Bonchev–Trinajstić information content (AvgIpc) is 2.95. The summed E-state index contributed by atoms with van der Waals surface area (Å²) in [6.07, 6.45) is 7.44. The van der Waals surface area contributed by atoms with E-state index in [1.54, 1.807) is 0 Å². The van der Waals surface area contributed by atoms with Crippen LogP contribution in [0.15, 0.2) is 18.5 Å². The summed E-state index contributed by atoms with van der Waals surface area (Å²) in [7, 11) is 5.67. The van der Waals surface area contributed by atoms with Crippen molar-refractivity contribution in [2.45, 2.75) is 31.3 Å². The van der Waals surface area contributed by atoms with E-state index in [1.807, 2.05) is 18.5 Å². The van der Waals surface area contributed by atoms with Crippen molar-refractivity contribution < 1.29 is 9.53 Å². The molecule has 0 radical (unpaired) electrons. The first-order chi connectivity index (χ1) is 8.11. The van der Waals surface area contributed by atoms with Crippen LogP contribution in [0, 0.1) is 0 Å². The molecular weight excluding hydrogens is 216 g/mol. The number of hydrogen-bond acceptors (Lipinski definition) is 3. The summed E-state index contributed by atoms with van der Waals surface area (Å²) in [6, 6.07) is 3.00. The van der Waals surface area contributed by atoms with Gasteiger partial charge in [-0.15, -0.1) is 0 Å². The van der Waals surface area contributed by atoms with Gasteiger partial charge in [0.05, 0.1) is 12.7 Å². The Hall–Kier alpha value is -1.29. The first kappa shape index (κ1) is 12.2. The summed E-state index contributed by atoms with van der Waals surface area (Å²) >= 11 is 0. The van der Waals surface area contributed by atoms with E-state index in [1.165, 1.54) is 20.0 Å². The zero-order valence-corrected chi connectivity index (χ0v) is 10.7. The number of methoxy groups -OCH3 is 1. The van der Waals surface area contributed by atoms with Gasteiger partial charge in [-0.25, -0.2) is 4.79 Å². The average molecular weight is 236 g/mol. The Morgan fingerprint density at radius 1 is 1.47 bits per heavy atom. The monoisotopic (exact) mass is 236 g/mol. The molecular formula is C13H20N2O2. The maximum atomic E-state index is 11.4. The molecule has 1 aromatic rings. The van der Waals surface area contributed by atoms with Crippen LogP contribution in [0.1, 0.15) is 35.7 Å². The largest absolute Gasteiger partial charge is 0.465 e. The Morgan fingerprint density at radius 2 is 2.24 bits per heavy atom. The van der Waals surface area contributed by atoms with E-state index < -0.39 is 0 Å². The van der Waals surface area contributed by atoms with Gasteiger partial charge in [0.2, 0.25) is 0 Å². The van der Waals surface area contributed by atoms with Crippen LogP contribution in [0.5, 0.6) is 0 Å². The minimum absolute atomic E-state index is 0.258. The number of carbonyl (C=O) groups is 1. The molecule has 0 amide bonds. The Kier molecular flexibility index (Phi) is 3.52. The number of carbonyl (C=O) groups excluding carboxylic acids is 1. The van der Waals surface area contributed by atoms with Gasteiger partial charge in [0.1, 0.15) is 0 Å². The predicted octanol–water partition coefficient (Wildman–Crippen LogP) is 1.93. The third kappa shape index (κ3) is 2.52. The molecule has 1 saturated carbocycles. The molecule has 4 heteroatoms. The molecule has 0 spiro atoms. The van der Waals surface area contributed by atoms with Gasteiger partial charge < -0.3 is 14.2 Å². The van der Waals surface area contributed by atoms with E-state index in [0.717, 1.165) is 6.42 Å². The van der Waals surface area contributed by atoms with Crippen molar-refractivity contribution >= 4 is 5.97 Å². The number of esters is 1. The van der Waals surface area contributed by atoms with Crippen molar-refractivity contribution in [1.82, 2.24) is 9.47 Å². The van der Waals surface area contributed by atoms with Crippen LogP contribution < -0.4 is 0 Å². The molecule has 4 nitrogen and oxygen atoms in total. The van der Waals surface area contributed by atoms with Gasteiger partial charge >= 0.3 is 5.97 Å². The molecule has 0 aromatic carbocycles. The quantitative estimate of drug-likeness (QED) is 0.752. The lowest BCUT2D eigenvalue weighted by Crippen LogP contribution is -2.25. The van der Waals surface area contributed by atoms with Gasteiger partial charge in [-0.3, -0.25) is 0 Å². The first-order valence-corrected chi connectivity index (χ1v) is 6.04. The minimum atomic E-state index is -0.258. The lowest BCUT2D eigenvalue weighted by molar-refractivity contribution is 0.0600. The number of ether oxygens (including phenoxy) is 1. The summed E-state index contributed by atoms with van der Waals surface area (Å²) in [6.45, 7) is 0. The molecule has 1 fully saturated rings. The topological polar surface area (TPSA) is 34.5 Å². The third-order valence-electron chi connectivity index (χ3n) is 3.66. The van der Waals surface area contributed by atoms with Crippen LogP contribution in [0.25, 0.3) is 0 Å². The maximum Gasteiger partial charge on any atom is 0.339 e. The van der Waals surface area contributed by atoms with Crippen LogP contribution >= 0.6 is 0 Å². The highest BCUT2D eigenvalue weighted by Crippen LogP contribution is 2.32. The van der Waals surface area contributed by atoms with Crippen molar-refractivity contribution in [3.8, 4) is 0 Å². The molecule has 2 atom stereocenters. The van der Waals surface area contributed by atoms with Gasteiger partial charge in [0.25, 0.3) is 0 Å². The molecule has 1 aromatic heterocycles. The van der Waals surface area contributed by atoms with Gasteiger partial charge in [-0.05, 0) is 39.4 Å². The van der Waals surface area contributed by atoms with Gasteiger partial charge in [0.15, 0.2) is 0 Å². The summed E-state index contributed by atoms with van der Waals surface area (Å²) in [5, 5.41) is 0. The van der Waals surface area contributed by atoms with E-state index in [-0.39, 0.29) is 5.97 Å². The van der Waals surface area contributed by atoms with E-state index in [9.17, 15) is 4.79 Å². The molecule has 1 aliphatic carbocycles. The van der Waals surface area contributed by atoms with Crippen molar-refractivity contribution in [1.29, 1.82) is 0 Å². The van der Waals surface area contributed by atoms with Crippen molar-refractivity contribution in [2.75, 3.05) is 21.2 Å². The molecule has 0 bridgehead atoms. The Labute approximate surface area is 102 Å². The second kappa shape index (κ2) is 4.92. The summed E-state index contributed by atoms with van der Waals surface area (Å²) in [4.78, 5) is 13.7. The predicted molar refractivity (Wildman–Crippen MR) is 66.1 cm³/mol. The van der Waals surface area contributed by atoms with E-state index in [4.69, 9.17) is 4.74 Å².